The van der Waals surface area contributed by atoms with Crippen LogP contribution in [0.5, 0.6) is 0 Å². The van der Waals surface area contributed by atoms with Crippen LogP contribution in [0, 0.1) is 11.3 Å². The van der Waals surface area contributed by atoms with Gasteiger partial charge in [0.1, 0.15) is 5.69 Å². The molecule has 1 amide bonds. The highest BCUT2D eigenvalue weighted by molar-refractivity contribution is 5.92. The van der Waals surface area contributed by atoms with Crippen molar-refractivity contribution in [2.75, 3.05) is 26.8 Å². The molecule has 0 aliphatic rings. The molecule has 0 aliphatic heterocycles. The number of ether oxygens (including phenoxy) is 1. The van der Waals surface area contributed by atoms with Crippen LogP contribution in [0.15, 0.2) is 12.3 Å². The van der Waals surface area contributed by atoms with Crippen LogP contribution in [0.2, 0.25) is 0 Å². The lowest BCUT2D eigenvalue weighted by Crippen LogP contribution is -2.35. The van der Waals surface area contributed by atoms with Crippen LogP contribution in [-0.2, 0) is 11.8 Å². The minimum absolute atomic E-state index is 0.127. The Labute approximate surface area is 100 Å². The molecule has 1 aromatic rings. The Morgan fingerprint density at radius 2 is 2.41 bits per heavy atom. The summed E-state index contributed by atoms with van der Waals surface area (Å²) in [6.07, 6.45) is 1.89. The van der Waals surface area contributed by atoms with Gasteiger partial charge >= 0.3 is 0 Å². The first-order valence-corrected chi connectivity index (χ1v) is 5.34. The van der Waals surface area contributed by atoms with E-state index in [1.165, 1.54) is 4.68 Å². The van der Waals surface area contributed by atoms with E-state index in [0.717, 1.165) is 0 Å². The predicted molar refractivity (Wildman–Crippen MR) is 61.2 cm³/mol. The number of carbonyl (C=O) groups excluding carboxylic acids is 1. The fourth-order valence-electron chi connectivity index (χ4n) is 1.45. The zero-order chi connectivity index (χ0) is 12.7. The Balaban J connectivity index is 2.72. The number of aromatic nitrogens is 2. The lowest BCUT2D eigenvalue weighted by molar-refractivity contribution is 0.0689. The molecule has 0 aliphatic carbocycles. The molecule has 0 radical (unpaired) electrons. The molecule has 0 bridgehead atoms. The monoisotopic (exact) mass is 236 g/mol. The Hall–Kier alpha value is -1.87. The SMILES string of the molecule is COCCN(CCC#N)C(=O)c1ccnn1C. The van der Waals surface area contributed by atoms with Crippen molar-refractivity contribution in [2.24, 2.45) is 7.05 Å². The van der Waals surface area contributed by atoms with Crippen LogP contribution < -0.4 is 0 Å². The maximum Gasteiger partial charge on any atom is 0.272 e. The van der Waals surface area contributed by atoms with E-state index in [2.05, 4.69) is 5.10 Å². The smallest absolute Gasteiger partial charge is 0.272 e. The van der Waals surface area contributed by atoms with Crippen LogP contribution in [0.1, 0.15) is 16.9 Å². The predicted octanol–water partition coefficient (Wildman–Crippen LogP) is 0.422. The average Bonchev–Trinajstić information content (AvgIpc) is 2.75. The number of hydrogen-bond donors (Lipinski definition) is 0. The molecule has 1 heterocycles. The van der Waals surface area contributed by atoms with Crippen molar-refractivity contribution in [2.45, 2.75) is 6.42 Å². The van der Waals surface area contributed by atoms with Gasteiger partial charge in [-0.25, -0.2) is 0 Å². The van der Waals surface area contributed by atoms with Gasteiger partial charge in [0.15, 0.2) is 0 Å². The van der Waals surface area contributed by atoms with E-state index in [0.29, 0.717) is 31.8 Å². The van der Waals surface area contributed by atoms with Crippen molar-refractivity contribution in [3.8, 4) is 6.07 Å². The highest BCUT2D eigenvalue weighted by Crippen LogP contribution is 2.04. The number of nitrogens with zero attached hydrogens (tertiary/aromatic N) is 4. The summed E-state index contributed by atoms with van der Waals surface area (Å²) in [5, 5.41) is 12.5. The minimum atomic E-state index is -0.127. The normalized spacial score (nSPS) is 9.94. The summed E-state index contributed by atoms with van der Waals surface area (Å²) in [5.41, 5.74) is 0.513. The Morgan fingerprint density at radius 1 is 1.65 bits per heavy atom. The van der Waals surface area contributed by atoms with Gasteiger partial charge in [-0.15, -0.1) is 0 Å². The van der Waals surface area contributed by atoms with Gasteiger partial charge in [-0.05, 0) is 6.07 Å². The zero-order valence-corrected chi connectivity index (χ0v) is 10.1. The van der Waals surface area contributed by atoms with Gasteiger partial charge in [0, 0.05) is 33.4 Å². The molecular formula is C11H16N4O2. The molecule has 92 valence electrons. The second-order valence-corrected chi connectivity index (χ2v) is 3.53. The van der Waals surface area contributed by atoms with Crippen molar-refractivity contribution >= 4 is 5.91 Å². The molecule has 0 aromatic carbocycles. The third kappa shape index (κ3) is 3.57. The Morgan fingerprint density at radius 3 is 2.94 bits per heavy atom. The van der Waals surface area contributed by atoms with Gasteiger partial charge in [0.05, 0.1) is 19.1 Å². The van der Waals surface area contributed by atoms with Gasteiger partial charge < -0.3 is 9.64 Å². The molecule has 6 heteroatoms. The van der Waals surface area contributed by atoms with Crippen LogP contribution in [0.3, 0.4) is 0 Å². The lowest BCUT2D eigenvalue weighted by atomic mass is 10.3. The molecule has 1 rings (SSSR count). The summed E-state index contributed by atoms with van der Waals surface area (Å²) in [6, 6.07) is 3.69. The van der Waals surface area contributed by atoms with E-state index in [9.17, 15) is 4.79 Å². The Bertz CT molecular complexity index is 408. The van der Waals surface area contributed by atoms with Crippen molar-refractivity contribution in [3.63, 3.8) is 0 Å². The van der Waals surface area contributed by atoms with Crippen LogP contribution in [-0.4, -0.2) is 47.4 Å². The molecule has 6 nitrogen and oxygen atoms in total. The molecule has 0 spiro atoms. The maximum absolute atomic E-state index is 12.1. The molecule has 0 unspecified atom stereocenters. The van der Waals surface area contributed by atoms with Gasteiger partial charge in [0.2, 0.25) is 0 Å². The largest absolute Gasteiger partial charge is 0.383 e. The molecule has 0 fully saturated rings. The van der Waals surface area contributed by atoms with E-state index in [-0.39, 0.29) is 5.91 Å². The molecule has 0 saturated heterocycles. The van der Waals surface area contributed by atoms with E-state index >= 15 is 0 Å². The number of aryl methyl sites for hydroxylation is 1. The van der Waals surface area contributed by atoms with Crippen molar-refractivity contribution in [3.05, 3.63) is 18.0 Å². The van der Waals surface area contributed by atoms with E-state index in [1.54, 1.807) is 31.3 Å². The molecule has 0 atom stereocenters. The highest BCUT2D eigenvalue weighted by atomic mass is 16.5. The van der Waals surface area contributed by atoms with Crippen molar-refractivity contribution in [1.29, 1.82) is 5.26 Å². The quantitative estimate of drug-likeness (QED) is 0.717. The standard InChI is InChI=1S/C11H16N4O2/c1-14-10(4-6-13-14)11(16)15(7-3-5-12)8-9-17-2/h4,6H,3,7-9H2,1-2H3. The third-order valence-electron chi connectivity index (χ3n) is 2.39. The van der Waals surface area contributed by atoms with Crippen molar-refractivity contribution < 1.29 is 9.53 Å². The van der Waals surface area contributed by atoms with E-state index in [1.807, 2.05) is 6.07 Å². The summed E-state index contributed by atoms with van der Waals surface area (Å²) in [7, 11) is 3.29. The number of hydrogen-bond acceptors (Lipinski definition) is 4. The number of nitriles is 1. The first kappa shape index (κ1) is 13.2. The average molecular weight is 236 g/mol. The molecule has 1 aromatic heterocycles. The van der Waals surface area contributed by atoms with Gasteiger partial charge in [-0.3, -0.25) is 9.48 Å². The summed E-state index contributed by atoms with van der Waals surface area (Å²) in [6.45, 7) is 1.33. The number of amides is 1. The minimum Gasteiger partial charge on any atom is -0.383 e. The fraction of sp³-hybridized carbons (Fsp3) is 0.545. The first-order valence-electron chi connectivity index (χ1n) is 5.34. The van der Waals surface area contributed by atoms with Gasteiger partial charge in [0.25, 0.3) is 5.91 Å². The summed E-state index contributed by atoms with van der Waals surface area (Å²) in [5.74, 6) is -0.127. The molecule has 17 heavy (non-hydrogen) atoms. The lowest BCUT2D eigenvalue weighted by Gasteiger charge is -2.20. The number of carbonyl (C=O) groups is 1. The van der Waals surface area contributed by atoms with Crippen LogP contribution in [0.4, 0.5) is 0 Å². The topological polar surface area (TPSA) is 71.2 Å². The summed E-state index contributed by atoms with van der Waals surface area (Å²) >= 11 is 0. The van der Waals surface area contributed by atoms with E-state index < -0.39 is 0 Å². The second-order valence-electron chi connectivity index (χ2n) is 3.53. The number of rotatable bonds is 6. The third-order valence-corrected chi connectivity index (χ3v) is 2.39. The van der Waals surface area contributed by atoms with Gasteiger partial charge in [-0.2, -0.15) is 10.4 Å². The molecule has 0 N–H and O–H groups in total. The first-order chi connectivity index (χ1) is 8.20. The van der Waals surface area contributed by atoms with Gasteiger partial charge in [-0.1, -0.05) is 0 Å². The summed E-state index contributed by atoms with van der Waals surface area (Å²) < 4.78 is 6.47. The Kier molecular flexibility index (Phi) is 5.17. The van der Waals surface area contributed by atoms with Crippen LogP contribution >= 0.6 is 0 Å². The second kappa shape index (κ2) is 6.66. The molecule has 0 saturated carbocycles. The van der Waals surface area contributed by atoms with E-state index in [4.69, 9.17) is 10.00 Å². The van der Waals surface area contributed by atoms with Crippen molar-refractivity contribution in [1.82, 2.24) is 14.7 Å². The maximum atomic E-state index is 12.1. The molecular weight excluding hydrogens is 220 g/mol. The number of methoxy groups -OCH3 is 1. The summed E-state index contributed by atoms with van der Waals surface area (Å²) in [4.78, 5) is 13.7. The highest BCUT2D eigenvalue weighted by Gasteiger charge is 2.17. The van der Waals surface area contributed by atoms with Crippen LogP contribution in [0.25, 0.3) is 0 Å². The zero-order valence-electron chi connectivity index (χ0n) is 10.1. The fourth-order valence-corrected chi connectivity index (χ4v) is 1.45.